The number of hydrogen-bond donors (Lipinski definition) is 1. The van der Waals surface area contributed by atoms with Crippen LogP contribution in [0.25, 0.3) is 0 Å². The summed E-state index contributed by atoms with van der Waals surface area (Å²) in [6, 6.07) is 15.4. The molecule has 1 N–H and O–H groups in total. The van der Waals surface area contributed by atoms with Crippen LogP contribution in [0.2, 0.25) is 0 Å². The molecule has 160 valence electrons. The highest BCUT2D eigenvalue weighted by Crippen LogP contribution is 2.36. The molecule has 2 aromatic carbocycles. The lowest BCUT2D eigenvalue weighted by Gasteiger charge is -2.26. The standard InChI is InChI=1S/C23H24N4O3S/c1-3-12-27-22(20-14-29-18-10-5-6-11-19(18)30-20)25-26-23(27)31-15-21(28)24-17-9-7-8-16(4-2)13-17/h3,5-11,13,20H,1,4,12,14-15H2,2H3,(H,24,28). The van der Waals surface area contributed by atoms with Crippen molar-refractivity contribution in [2.24, 2.45) is 0 Å². The molecule has 0 aliphatic carbocycles. The van der Waals surface area contributed by atoms with Gasteiger partial charge in [-0.25, -0.2) is 0 Å². The van der Waals surface area contributed by atoms with E-state index in [9.17, 15) is 4.79 Å². The number of thioether (sulfide) groups is 1. The van der Waals surface area contributed by atoms with Crippen molar-refractivity contribution in [2.75, 3.05) is 17.7 Å². The largest absolute Gasteiger partial charge is 0.485 e. The van der Waals surface area contributed by atoms with E-state index in [4.69, 9.17) is 9.47 Å². The highest BCUT2D eigenvalue weighted by atomic mass is 32.2. The summed E-state index contributed by atoms with van der Waals surface area (Å²) in [5.74, 6) is 2.16. The number of amides is 1. The van der Waals surface area contributed by atoms with Crippen LogP contribution in [0.15, 0.2) is 66.3 Å². The van der Waals surface area contributed by atoms with Crippen molar-refractivity contribution in [2.45, 2.75) is 31.1 Å². The molecule has 1 aliphatic heterocycles. The Balaban J connectivity index is 1.44. The summed E-state index contributed by atoms with van der Waals surface area (Å²) in [6.45, 7) is 6.76. The minimum Gasteiger partial charge on any atom is -0.485 e. The van der Waals surface area contributed by atoms with Crippen molar-refractivity contribution in [1.29, 1.82) is 0 Å². The van der Waals surface area contributed by atoms with Crippen LogP contribution >= 0.6 is 11.8 Å². The molecule has 0 saturated carbocycles. The molecule has 2 heterocycles. The maximum absolute atomic E-state index is 12.4. The van der Waals surface area contributed by atoms with Gasteiger partial charge in [-0.2, -0.15) is 0 Å². The van der Waals surface area contributed by atoms with Crippen LogP contribution in [-0.2, 0) is 17.8 Å². The summed E-state index contributed by atoms with van der Waals surface area (Å²) in [7, 11) is 0. The second-order valence-electron chi connectivity index (χ2n) is 7.00. The topological polar surface area (TPSA) is 78.3 Å². The van der Waals surface area contributed by atoms with Crippen LogP contribution in [0, 0.1) is 0 Å². The predicted octanol–water partition coefficient (Wildman–Crippen LogP) is 4.27. The lowest BCUT2D eigenvalue weighted by atomic mass is 10.1. The number of para-hydroxylation sites is 2. The zero-order chi connectivity index (χ0) is 21.6. The van der Waals surface area contributed by atoms with Crippen LogP contribution in [0.4, 0.5) is 5.69 Å². The van der Waals surface area contributed by atoms with Gasteiger partial charge in [0.2, 0.25) is 5.91 Å². The minimum atomic E-state index is -0.387. The molecular weight excluding hydrogens is 412 g/mol. The number of fused-ring (bicyclic) bond motifs is 1. The normalized spacial score (nSPS) is 14.8. The van der Waals surface area contributed by atoms with Gasteiger partial charge in [0.15, 0.2) is 28.6 Å². The molecule has 0 bridgehead atoms. The van der Waals surface area contributed by atoms with E-state index in [0.29, 0.717) is 35.6 Å². The summed E-state index contributed by atoms with van der Waals surface area (Å²) < 4.78 is 13.8. The van der Waals surface area contributed by atoms with Gasteiger partial charge in [-0.3, -0.25) is 9.36 Å². The number of aryl methyl sites for hydroxylation is 1. The molecule has 31 heavy (non-hydrogen) atoms. The SMILES string of the molecule is C=CCn1c(SCC(=O)Nc2cccc(CC)c2)nnc1C1COc2ccccc2O1. The number of hydrogen-bond acceptors (Lipinski definition) is 6. The number of carbonyl (C=O) groups is 1. The second-order valence-corrected chi connectivity index (χ2v) is 7.94. The molecule has 0 radical (unpaired) electrons. The van der Waals surface area contributed by atoms with Gasteiger partial charge in [-0.1, -0.05) is 49.0 Å². The summed E-state index contributed by atoms with van der Waals surface area (Å²) >= 11 is 1.33. The summed E-state index contributed by atoms with van der Waals surface area (Å²) in [4.78, 5) is 12.4. The van der Waals surface area contributed by atoms with Crippen LogP contribution in [0.5, 0.6) is 11.5 Å². The first-order valence-corrected chi connectivity index (χ1v) is 11.1. The first-order valence-electron chi connectivity index (χ1n) is 10.1. The number of nitrogens with one attached hydrogen (secondary N) is 1. The average molecular weight is 437 g/mol. The highest BCUT2D eigenvalue weighted by molar-refractivity contribution is 7.99. The maximum atomic E-state index is 12.4. The number of ether oxygens (including phenoxy) is 2. The molecule has 7 nitrogen and oxygen atoms in total. The summed E-state index contributed by atoms with van der Waals surface area (Å²) in [5, 5.41) is 12.2. The van der Waals surface area contributed by atoms with Gasteiger partial charge in [0.25, 0.3) is 0 Å². The Bertz CT molecular complexity index is 1080. The zero-order valence-corrected chi connectivity index (χ0v) is 18.1. The molecule has 1 aromatic heterocycles. The molecule has 4 rings (SSSR count). The third kappa shape index (κ3) is 4.91. The third-order valence-corrected chi connectivity index (χ3v) is 5.77. The molecule has 1 amide bonds. The fraction of sp³-hybridized carbons (Fsp3) is 0.261. The van der Waals surface area contributed by atoms with E-state index in [1.807, 2.05) is 53.1 Å². The van der Waals surface area contributed by atoms with E-state index < -0.39 is 0 Å². The third-order valence-electron chi connectivity index (χ3n) is 4.81. The Morgan fingerprint density at radius 3 is 2.90 bits per heavy atom. The average Bonchev–Trinajstić information content (AvgIpc) is 3.20. The van der Waals surface area contributed by atoms with Gasteiger partial charge in [0.1, 0.15) is 6.61 Å². The molecule has 1 atom stereocenters. The lowest BCUT2D eigenvalue weighted by Crippen LogP contribution is -2.25. The molecule has 3 aromatic rings. The monoisotopic (exact) mass is 436 g/mol. The van der Waals surface area contributed by atoms with Gasteiger partial charge in [0.05, 0.1) is 5.75 Å². The fourth-order valence-electron chi connectivity index (χ4n) is 3.29. The quantitative estimate of drug-likeness (QED) is 0.420. The second kappa shape index (κ2) is 9.70. The number of aromatic nitrogens is 3. The molecule has 0 fully saturated rings. The molecule has 0 spiro atoms. The Hall–Kier alpha value is -3.26. The number of allylic oxidation sites excluding steroid dienone is 1. The van der Waals surface area contributed by atoms with Gasteiger partial charge < -0.3 is 14.8 Å². The Morgan fingerprint density at radius 1 is 1.26 bits per heavy atom. The van der Waals surface area contributed by atoms with E-state index in [1.165, 1.54) is 17.3 Å². The van der Waals surface area contributed by atoms with E-state index in [0.717, 1.165) is 12.1 Å². The molecule has 1 unspecified atom stereocenters. The number of anilines is 1. The Morgan fingerprint density at radius 2 is 2.10 bits per heavy atom. The first-order chi connectivity index (χ1) is 15.2. The predicted molar refractivity (Wildman–Crippen MR) is 121 cm³/mol. The molecular formula is C23H24N4O3S. The van der Waals surface area contributed by atoms with E-state index in [-0.39, 0.29) is 17.8 Å². The maximum Gasteiger partial charge on any atom is 0.234 e. The van der Waals surface area contributed by atoms with E-state index >= 15 is 0 Å². The molecule has 8 heteroatoms. The minimum absolute atomic E-state index is 0.0980. The van der Waals surface area contributed by atoms with Gasteiger partial charge in [0, 0.05) is 12.2 Å². The Labute approximate surface area is 185 Å². The number of benzene rings is 2. The van der Waals surface area contributed by atoms with Crippen molar-refractivity contribution in [3.8, 4) is 11.5 Å². The lowest BCUT2D eigenvalue weighted by molar-refractivity contribution is -0.113. The van der Waals surface area contributed by atoms with E-state index in [1.54, 1.807) is 6.08 Å². The van der Waals surface area contributed by atoms with Crippen LogP contribution < -0.4 is 14.8 Å². The fourth-order valence-corrected chi connectivity index (χ4v) is 4.04. The Kier molecular flexibility index (Phi) is 6.57. The van der Waals surface area contributed by atoms with Crippen molar-refractivity contribution < 1.29 is 14.3 Å². The van der Waals surface area contributed by atoms with Crippen molar-refractivity contribution in [3.05, 3.63) is 72.6 Å². The summed E-state index contributed by atoms with van der Waals surface area (Å²) in [6.07, 6.45) is 2.30. The van der Waals surface area contributed by atoms with Crippen molar-refractivity contribution >= 4 is 23.4 Å². The van der Waals surface area contributed by atoms with E-state index in [2.05, 4.69) is 29.0 Å². The number of carbonyl (C=O) groups excluding carboxylic acids is 1. The smallest absolute Gasteiger partial charge is 0.234 e. The van der Waals surface area contributed by atoms with Crippen LogP contribution in [0.3, 0.4) is 0 Å². The van der Waals surface area contributed by atoms with Crippen LogP contribution in [0.1, 0.15) is 24.4 Å². The first kappa shape index (κ1) is 21.0. The zero-order valence-electron chi connectivity index (χ0n) is 17.3. The number of nitrogens with zero attached hydrogens (tertiary/aromatic N) is 3. The van der Waals surface area contributed by atoms with Crippen molar-refractivity contribution in [1.82, 2.24) is 14.8 Å². The molecule has 1 aliphatic rings. The molecule has 0 saturated heterocycles. The highest BCUT2D eigenvalue weighted by Gasteiger charge is 2.28. The summed E-state index contributed by atoms with van der Waals surface area (Å²) in [5.41, 5.74) is 1.97. The van der Waals surface area contributed by atoms with Crippen LogP contribution in [-0.4, -0.2) is 33.0 Å². The van der Waals surface area contributed by atoms with Crippen molar-refractivity contribution in [3.63, 3.8) is 0 Å². The van der Waals surface area contributed by atoms with Gasteiger partial charge in [-0.15, -0.1) is 16.8 Å². The van der Waals surface area contributed by atoms with Gasteiger partial charge >= 0.3 is 0 Å². The van der Waals surface area contributed by atoms with Gasteiger partial charge in [-0.05, 0) is 36.2 Å². The number of rotatable bonds is 8.